The van der Waals surface area contributed by atoms with Crippen molar-refractivity contribution in [2.45, 2.75) is 105 Å². The van der Waals surface area contributed by atoms with Gasteiger partial charge in [0.2, 0.25) is 0 Å². The first-order chi connectivity index (χ1) is 30.2. The molecule has 10 rings (SSSR count). The molecule has 0 fully saturated rings. The largest absolute Gasteiger partial charge is 0.454 e. The second kappa shape index (κ2) is 14.2. The summed E-state index contributed by atoms with van der Waals surface area (Å²) in [5.41, 5.74) is 16.0. The van der Waals surface area contributed by atoms with E-state index in [4.69, 9.17) is 9.15 Å². The average molecular weight is 828 g/mol. The predicted octanol–water partition coefficient (Wildman–Crippen LogP) is 14.7. The molecule has 0 spiro atoms. The van der Waals surface area contributed by atoms with Gasteiger partial charge in [0.25, 0.3) is 6.71 Å². The minimum Gasteiger partial charge on any atom is -0.454 e. The summed E-state index contributed by atoms with van der Waals surface area (Å²) in [6.45, 7) is 27.0. The molecule has 0 radical (unpaired) electrons. The van der Waals surface area contributed by atoms with Crippen molar-refractivity contribution in [2.24, 2.45) is 0 Å². The summed E-state index contributed by atoms with van der Waals surface area (Å²) in [4.78, 5) is 4.75. The van der Waals surface area contributed by atoms with Crippen molar-refractivity contribution in [3.05, 3.63) is 162 Å². The lowest BCUT2D eigenvalue weighted by molar-refractivity contribution is 0.481. The van der Waals surface area contributed by atoms with Crippen LogP contribution >= 0.6 is 0 Å². The van der Waals surface area contributed by atoms with Gasteiger partial charge < -0.3 is 19.0 Å². The lowest BCUT2D eigenvalue weighted by Crippen LogP contribution is -2.59. The normalized spacial score (nSPS) is 14.0. The fourth-order valence-corrected chi connectivity index (χ4v) is 9.62. The van der Waals surface area contributed by atoms with Crippen LogP contribution in [0.1, 0.15) is 107 Å². The number of para-hydroxylation sites is 1. The van der Waals surface area contributed by atoms with Crippen LogP contribution in [0.5, 0.6) is 11.5 Å². The Bertz CT molecular complexity index is 3060. The van der Waals surface area contributed by atoms with Gasteiger partial charge in [0.1, 0.15) is 11.3 Å². The Kier molecular flexibility index (Phi) is 8.91. The molecule has 3 heterocycles. The number of fused-ring (bicyclic) bond motifs is 8. The summed E-state index contributed by atoms with van der Waals surface area (Å²) in [5.74, 6) is 1.38. The van der Waals surface area contributed by atoms with Crippen LogP contribution in [0.15, 0.2) is 144 Å². The molecule has 2 aliphatic rings. The first-order valence-corrected chi connectivity index (χ1v) is 22.5. The standard InChI is InChI=1S/C58H59BN2O2/c1-55(2,3)36-20-27-40(28-21-36)60(41-29-22-37(23-30-41)56(4,5)6)48-35-45-53(54-51(48)43-16-13-14-18-49(43)62-54)63-50-19-15-17-47-52(50)59(45)44-34-39(58(10,11)12)26-33-46(44)61(47)42-31-24-38(25-32-42)57(7,8)9/h13-35H,1-12H3/i15D. The SMILES string of the molecule is [2H]c1cc2c3c(c1)N(c1ccc(C(C)(C)C)cc1)c1ccc(C(C)(C)C)cc1B3c1cc(N(c3ccc(C(C)(C)C)cc3)c3ccc(C(C)(C)C)cc3)c3c(oc4ccccc43)c1O2. The first-order valence-electron chi connectivity index (χ1n) is 23.0. The Morgan fingerprint density at radius 1 is 0.540 bits per heavy atom. The molecule has 8 aromatic rings. The number of benzene rings is 7. The van der Waals surface area contributed by atoms with Gasteiger partial charge in [0.05, 0.1) is 12.4 Å². The lowest BCUT2D eigenvalue weighted by atomic mass is 9.34. The van der Waals surface area contributed by atoms with Crippen molar-refractivity contribution in [3.8, 4) is 11.5 Å². The number of ether oxygens (including phenoxy) is 1. The van der Waals surface area contributed by atoms with E-state index in [1.807, 2.05) is 18.2 Å². The summed E-state index contributed by atoms with van der Waals surface area (Å²) in [7, 11) is 0. The van der Waals surface area contributed by atoms with Crippen LogP contribution in [0.4, 0.5) is 34.1 Å². The number of hydrogen-bond donors (Lipinski definition) is 0. The number of nitrogens with zero attached hydrogens (tertiary/aromatic N) is 2. The van der Waals surface area contributed by atoms with Crippen LogP contribution < -0.4 is 30.9 Å². The molecule has 0 unspecified atom stereocenters. The van der Waals surface area contributed by atoms with E-state index in [0.29, 0.717) is 23.1 Å². The molecule has 0 amide bonds. The molecule has 0 N–H and O–H groups in total. The number of hydrogen-bond acceptors (Lipinski definition) is 4. The highest BCUT2D eigenvalue weighted by molar-refractivity contribution is 6.99. The number of anilines is 6. The van der Waals surface area contributed by atoms with E-state index in [0.717, 1.165) is 61.4 Å². The van der Waals surface area contributed by atoms with Gasteiger partial charge >= 0.3 is 0 Å². The van der Waals surface area contributed by atoms with E-state index in [1.54, 1.807) is 0 Å². The van der Waals surface area contributed by atoms with E-state index in [9.17, 15) is 1.37 Å². The van der Waals surface area contributed by atoms with Crippen LogP contribution in [0.25, 0.3) is 21.9 Å². The van der Waals surface area contributed by atoms with Crippen LogP contribution in [-0.4, -0.2) is 6.71 Å². The minimum absolute atomic E-state index is 0.00170. The average Bonchev–Trinajstić information content (AvgIpc) is 3.63. The summed E-state index contributed by atoms with van der Waals surface area (Å²) in [5, 5.41) is 2.01. The summed E-state index contributed by atoms with van der Waals surface area (Å²) >= 11 is 0. The zero-order chi connectivity index (χ0) is 45.2. The molecule has 0 bridgehead atoms. The third kappa shape index (κ3) is 6.83. The first kappa shape index (κ1) is 39.6. The van der Waals surface area contributed by atoms with Crippen molar-refractivity contribution in [1.82, 2.24) is 0 Å². The van der Waals surface area contributed by atoms with Crippen LogP contribution in [-0.2, 0) is 21.7 Å². The van der Waals surface area contributed by atoms with Gasteiger partial charge in [0, 0.05) is 33.8 Å². The highest BCUT2D eigenvalue weighted by Gasteiger charge is 2.44. The van der Waals surface area contributed by atoms with Gasteiger partial charge in [-0.1, -0.05) is 156 Å². The van der Waals surface area contributed by atoms with Crippen molar-refractivity contribution in [1.29, 1.82) is 0 Å². The van der Waals surface area contributed by atoms with Crippen LogP contribution in [0.2, 0.25) is 0 Å². The van der Waals surface area contributed by atoms with Crippen molar-refractivity contribution < 1.29 is 10.5 Å². The van der Waals surface area contributed by atoms with Crippen LogP contribution in [0, 0.1) is 0 Å². The quantitative estimate of drug-likeness (QED) is 0.165. The summed E-state index contributed by atoms with van der Waals surface area (Å²) in [6.07, 6.45) is 0. The highest BCUT2D eigenvalue weighted by atomic mass is 16.5. The Labute approximate surface area is 376 Å². The topological polar surface area (TPSA) is 28.9 Å². The Hall–Kier alpha value is -6.20. The maximum atomic E-state index is 9.22. The van der Waals surface area contributed by atoms with Gasteiger partial charge in [-0.05, 0) is 127 Å². The van der Waals surface area contributed by atoms with Crippen LogP contribution in [0.3, 0.4) is 0 Å². The van der Waals surface area contributed by atoms with Gasteiger partial charge in [-0.15, -0.1) is 0 Å². The lowest BCUT2D eigenvalue weighted by Gasteiger charge is -2.41. The fraction of sp³-hybridized carbons (Fsp3) is 0.276. The van der Waals surface area contributed by atoms with E-state index in [2.05, 4.69) is 208 Å². The predicted molar refractivity (Wildman–Crippen MR) is 269 cm³/mol. The van der Waals surface area contributed by atoms with Crippen molar-refractivity contribution in [2.75, 3.05) is 9.80 Å². The molecule has 4 nitrogen and oxygen atoms in total. The maximum Gasteiger partial charge on any atom is 0.256 e. The smallest absolute Gasteiger partial charge is 0.256 e. The summed E-state index contributed by atoms with van der Waals surface area (Å²) in [6, 6.07) is 49.1. The monoisotopic (exact) mass is 827 g/mol. The molecule has 0 aliphatic carbocycles. The third-order valence-electron chi connectivity index (χ3n) is 13.3. The summed E-state index contributed by atoms with van der Waals surface area (Å²) < 4.78 is 23.4. The van der Waals surface area contributed by atoms with E-state index < -0.39 is 0 Å². The second-order valence-corrected chi connectivity index (χ2v) is 21.9. The minimum atomic E-state index is -0.221. The van der Waals surface area contributed by atoms with Crippen molar-refractivity contribution in [3.63, 3.8) is 0 Å². The zero-order valence-corrected chi connectivity index (χ0v) is 39.0. The third-order valence-corrected chi connectivity index (χ3v) is 13.3. The van der Waals surface area contributed by atoms with E-state index in [-0.39, 0.29) is 28.4 Å². The molecule has 7 aromatic carbocycles. The Morgan fingerprint density at radius 3 is 1.65 bits per heavy atom. The molecule has 0 atom stereocenters. The molecular weight excluding hydrogens is 767 g/mol. The second-order valence-electron chi connectivity index (χ2n) is 21.9. The molecule has 5 heteroatoms. The highest BCUT2D eigenvalue weighted by Crippen LogP contribution is 2.49. The molecule has 2 aliphatic heterocycles. The number of furan rings is 1. The van der Waals surface area contributed by atoms with Crippen molar-refractivity contribution >= 4 is 79.2 Å². The zero-order valence-electron chi connectivity index (χ0n) is 40.0. The van der Waals surface area contributed by atoms with E-state index >= 15 is 0 Å². The number of rotatable bonds is 4. The molecule has 0 saturated heterocycles. The molecule has 63 heavy (non-hydrogen) atoms. The molecule has 316 valence electrons. The molecular formula is C58H59BN2O2. The van der Waals surface area contributed by atoms with Gasteiger partial charge in [-0.3, -0.25) is 0 Å². The maximum absolute atomic E-state index is 9.22. The van der Waals surface area contributed by atoms with E-state index in [1.165, 1.54) is 27.7 Å². The molecule has 1 aromatic heterocycles. The fourth-order valence-electron chi connectivity index (χ4n) is 9.62. The van der Waals surface area contributed by atoms with Gasteiger partial charge in [-0.2, -0.15) is 0 Å². The Morgan fingerprint density at radius 2 is 1.08 bits per heavy atom. The molecule has 0 saturated carbocycles. The Balaban J connectivity index is 1.29. The van der Waals surface area contributed by atoms with Gasteiger partial charge in [0.15, 0.2) is 11.3 Å². The van der Waals surface area contributed by atoms with Gasteiger partial charge in [-0.25, -0.2) is 0 Å².